The minimum absolute atomic E-state index is 0.00332. The molecule has 3 N–H and O–H groups in total. The second kappa shape index (κ2) is 9.85. The van der Waals surface area contributed by atoms with Crippen molar-refractivity contribution in [2.45, 2.75) is 32.4 Å². The number of H-pyrrole nitrogens is 1. The van der Waals surface area contributed by atoms with Crippen molar-refractivity contribution in [1.29, 1.82) is 0 Å². The smallest absolute Gasteiger partial charge is 0.295 e. The number of phenolic OH excluding ortho intramolecular Hbond substituents is 1. The molecule has 1 aliphatic rings. The summed E-state index contributed by atoms with van der Waals surface area (Å²) in [6.45, 7) is 4.11. The molecule has 1 atom stereocenters. The van der Waals surface area contributed by atoms with Crippen molar-refractivity contribution in [3.8, 4) is 11.5 Å². The number of Topliss-reactive ketones (excluding diaryl/α,β-unsaturated/α-hetero) is 1. The predicted molar refractivity (Wildman–Crippen MR) is 141 cm³/mol. The Labute approximate surface area is 214 Å². The Morgan fingerprint density at radius 2 is 1.70 bits per heavy atom. The highest BCUT2D eigenvalue weighted by atomic mass is 16.5. The van der Waals surface area contributed by atoms with Crippen molar-refractivity contribution >= 4 is 28.4 Å². The molecule has 7 heteroatoms. The maximum Gasteiger partial charge on any atom is 0.295 e. The summed E-state index contributed by atoms with van der Waals surface area (Å²) in [6, 6.07) is 20.2. The fraction of sp³-hybridized carbons (Fsp3) is 0.200. The normalized spacial score (nSPS) is 17.2. The molecule has 0 radical (unpaired) electrons. The van der Waals surface area contributed by atoms with E-state index in [9.17, 15) is 19.8 Å². The van der Waals surface area contributed by atoms with Gasteiger partial charge in [0, 0.05) is 29.2 Å². The highest BCUT2D eigenvalue weighted by Gasteiger charge is 2.45. The molecule has 0 spiro atoms. The molecule has 5 rings (SSSR count). The molecule has 1 fully saturated rings. The first-order valence-electron chi connectivity index (χ1n) is 12.2. The van der Waals surface area contributed by atoms with Gasteiger partial charge in [-0.2, -0.15) is 0 Å². The van der Waals surface area contributed by atoms with Gasteiger partial charge in [-0.3, -0.25) is 9.59 Å². The van der Waals surface area contributed by atoms with Crippen molar-refractivity contribution in [3.63, 3.8) is 0 Å². The monoisotopic (exact) mass is 496 g/mol. The number of hydrogen-bond acceptors (Lipinski definition) is 5. The second-order valence-corrected chi connectivity index (χ2v) is 9.38. The number of ketones is 1. The molecule has 1 aliphatic heterocycles. The van der Waals surface area contributed by atoms with Crippen LogP contribution in [0.15, 0.2) is 84.6 Å². The summed E-state index contributed by atoms with van der Waals surface area (Å²) < 4.78 is 5.68. The lowest BCUT2D eigenvalue weighted by atomic mass is 9.95. The van der Waals surface area contributed by atoms with Crippen molar-refractivity contribution in [3.05, 3.63) is 101 Å². The first-order valence-corrected chi connectivity index (χ1v) is 12.2. The maximum atomic E-state index is 13.3. The summed E-state index contributed by atoms with van der Waals surface area (Å²) in [5, 5.41) is 22.1. The molecule has 2 heterocycles. The van der Waals surface area contributed by atoms with E-state index in [2.05, 4.69) is 4.98 Å². The van der Waals surface area contributed by atoms with Gasteiger partial charge in [0.2, 0.25) is 0 Å². The number of fused-ring (bicyclic) bond motifs is 1. The maximum absolute atomic E-state index is 13.3. The van der Waals surface area contributed by atoms with Crippen LogP contribution in [0, 0.1) is 0 Å². The van der Waals surface area contributed by atoms with Crippen molar-refractivity contribution in [2.24, 2.45) is 0 Å². The lowest BCUT2D eigenvalue weighted by molar-refractivity contribution is -0.139. The van der Waals surface area contributed by atoms with Crippen LogP contribution < -0.4 is 4.74 Å². The number of para-hydroxylation sites is 1. The van der Waals surface area contributed by atoms with E-state index in [1.54, 1.807) is 36.4 Å². The number of benzene rings is 3. The summed E-state index contributed by atoms with van der Waals surface area (Å²) in [4.78, 5) is 31.3. The van der Waals surface area contributed by atoms with Crippen LogP contribution in [0.25, 0.3) is 16.7 Å². The summed E-state index contributed by atoms with van der Waals surface area (Å²) in [6.07, 6.45) is 2.43. The molecule has 1 amide bonds. The number of hydrogen-bond donors (Lipinski definition) is 3. The SMILES string of the molecule is CC(C)Oc1ccc(/C(O)=C2\C(=O)C(=O)N(CCc3c[nH]c4ccccc34)C2c2ccc(O)cc2)cc1. The number of aliphatic hydroxyl groups excluding tert-OH is 1. The molecule has 0 aliphatic carbocycles. The van der Waals surface area contributed by atoms with E-state index in [1.165, 1.54) is 17.0 Å². The van der Waals surface area contributed by atoms with Gasteiger partial charge in [-0.25, -0.2) is 0 Å². The van der Waals surface area contributed by atoms with Crippen molar-refractivity contribution in [1.82, 2.24) is 9.88 Å². The molecule has 37 heavy (non-hydrogen) atoms. The van der Waals surface area contributed by atoms with Gasteiger partial charge < -0.3 is 24.8 Å². The fourth-order valence-electron chi connectivity index (χ4n) is 4.81. The van der Waals surface area contributed by atoms with E-state index in [0.29, 0.717) is 23.3 Å². The average Bonchev–Trinajstić information content (AvgIpc) is 3.41. The molecule has 3 aromatic carbocycles. The zero-order chi connectivity index (χ0) is 26.1. The minimum Gasteiger partial charge on any atom is -0.508 e. The number of aliphatic hydroxyl groups is 1. The van der Waals surface area contributed by atoms with Gasteiger partial charge in [0.1, 0.15) is 17.3 Å². The Hall–Kier alpha value is -4.52. The van der Waals surface area contributed by atoms with E-state index in [-0.39, 0.29) is 29.7 Å². The van der Waals surface area contributed by atoms with Crippen molar-refractivity contribution in [2.75, 3.05) is 6.54 Å². The number of aromatic nitrogens is 1. The molecule has 1 unspecified atom stereocenters. The van der Waals surface area contributed by atoms with Crippen LogP contribution >= 0.6 is 0 Å². The largest absolute Gasteiger partial charge is 0.508 e. The number of aromatic amines is 1. The average molecular weight is 497 g/mol. The van der Waals surface area contributed by atoms with E-state index in [0.717, 1.165) is 16.5 Å². The minimum atomic E-state index is -0.794. The molecule has 1 aromatic heterocycles. The summed E-state index contributed by atoms with van der Waals surface area (Å²) in [5.74, 6) is -0.945. The van der Waals surface area contributed by atoms with Crippen LogP contribution in [0.4, 0.5) is 0 Å². The number of carbonyl (C=O) groups is 2. The van der Waals surface area contributed by atoms with Crippen LogP contribution in [0.1, 0.15) is 36.6 Å². The van der Waals surface area contributed by atoms with Crippen LogP contribution in [0.3, 0.4) is 0 Å². The number of amides is 1. The Balaban J connectivity index is 1.52. The molecule has 4 aromatic rings. The van der Waals surface area contributed by atoms with E-state index >= 15 is 0 Å². The Kier molecular flexibility index (Phi) is 6.44. The lowest BCUT2D eigenvalue weighted by Gasteiger charge is -2.25. The number of likely N-dealkylation sites (tertiary alicyclic amines) is 1. The number of phenols is 1. The third-order valence-corrected chi connectivity index (χ3v) is 6.55. The van der Waals surface area contributed by atoms with E-state index in [1.807, 2.05) is 44.3 Å². The van der Waals surface area contributed by atoms with Crippen LogP contribution in [0.2, 0.25) is 0 Å². The van der Waals surface area contributed by atoms with E-state index < -0.39 is 17.7 Å². The topological polar surface area (TPSA) is 103 Å². The Morgan fingerprint density at radius 3 is 2.41 bits per heavy atom. The van der Waals surface area contributed by atoms with Gasteiger partial charge in [-0.1, -0.05) is 30.3 Å². The van der Waals surface area contributed by atoms with Crippen LogP contribution in [0.5, 0.6) is 11.5 Å². The van der Waals surface area contributed by atoms with Crippen molar-refractivity contribution < 1.29 is 24.5 Å². The third kappa shape index (κ3) is 4.68. The number of nitrogens with zero attached hydrogens (tertiary/aromatic N) is 1. The van der Waals surface area contributed by atoms with Gasteiger partial charge in [0.05, 0.1) is 17.7 Å². The molecule has 1 saturated heterocycles. The van der Waals surface area contributed by atoms with Crippen LogP contribution in [-0.4, -0.2) is 44.4 Å². The molecular weight excluding hydrogens is 468 g/mol. The van der Waals surface area contributed by atoms with Crippen LogP contribution in [-0.2, 0) is 16.0 Å². The lowest BCUT2D eigenvalue weighted by Crippen LogP contribution is -2.31. The number of rotatable bonds is 7. The standard InChI is InChI=1S/C30H28N2O5/c1-18(2)37-23-13-9-20(10-14-23)28(34)26-27(19-7-11-22(33)12-8-19)32(30(36)29(26)35)16-15-21-17-31-25-6-4-3-5-24(21)25/h3-14,17-18,27,31,33-34H,15-16H2,1-2H3/b28-26+. The summed E-state index contributed by atoms with van der Waals surface area (Å²) in [5.41, 5.74) is 3.08. The first kappa shape index (κ1) is 24.2. The zero-order valence-electron chi connectivity index (χ0n) is 20.6. The number of aromatic hydroxyl groups is 1. The quantitative estimate of drug-likeness (QED) is 0.182. The number of carbonyl (C=O) groups excluding carboxylic acids is 2. The van der Waals surface area contributed by atoms with Gasteiger partial charge in [-0.05, 0) is 73.9 Å². The number of ether oxygens (including phenoxy) is 1. The highest BCUT2D eigenvalue weighted by molar-refractivity contribution is 6.46. The van der Waals surface area contributed by atoms with Gasteiger partial charge in [-0.15, -0.1) is 0 Å². The predicted octanol–water partition coefficient (Wildman–Crippen LogP) is 5.33. The van der Waals surface area contributed by atoms with E-state index in [4.69, 9.17) is 4.74 Å². The molecule has 0 saturated carbocycles. The third-order valence-electron chi connectivity index (χ3n) is 6.55. The fourth-order valence-corrected chi connectivity index (χ4v) is 4.81. The molecular formula is C30H28N2O5. The summed E-state index contributed by atoms with van der Waals surface area (Å²) >= 11 is 0. The zero-order valence-corrected chi connectivity index (χ0v) is 20.6. The van der Waals surface area contributed by atoms with Gasteiger partial charge >= 0.3 is 0 Å². The second-order valence-electron chi connectivity index (χ2n) is 9.38. The van der Waals surface area contributed by atoms with Gasteiger partial charge in [0.15, 0.2) is 0 Å². The highest BCUT2D eigenvalue weighted by Crippen LogP contribution is 2.40. The molecule has 188 valence electrons. The molecule has 7 nitrogen and oxygen atoms in total. The Morgan fingerprint density at radius 1 is 1.00 bits per heavy atom. The Bertz CT molecular complexity index is 1480. The molecule has 0 bridgehead atoms. The first-order chi connectivity index (χ1) is 17.8. The van der Waals surface area contributed by atoms with Gasteiger partial charge in [0.25, 0.3) is 11.7 Å². The summed E-state index contributed by atoms with van der Waals surface area (Å²) in [7, 11) is 0. The number of nitrogens with one attached hydrogen (secondary N) is 1.